The summed E-state index contributed by atoms with van der Waals surface area (Å²) in [4.78, 5) is 2.22. The van der Waals surface area contributed by atoms with Gasteiger partial charge in [0.05, 0.1) is 0 Å². The molecule has 0 radical (unpaired) electrons. The summed E-state index contributed by atoms with van der Waals surface area (Å²) >= 11 is 0. The van der Waals surface area contributed by atoms with Gasteiger partial charge in [0.2, 0.25) is 0 Å². The Kier molecular flexibility index (Phi) is 2.69. The number of ether oxygens (including phenoxy) is 1. The van der Waals surface area contributed by atoms with Crippen LogP contribution in [0.25, 0.3) is 0 Å². The van der Waals surface area contributed by atoms with Gasteiger partial charge in [-0.15, -0.1) is 0 Å². The van der Waals surface area contributed by atoms with Gasteiger partial charge < -0.3 is 15.4 Å². The molecule has 3 N–H and O–H groups in total. The molecule has 1 heterocycles. The SMILES string of the molecule is COC1(C(=N)N)CCN(C)CC1. The van der Waals surface area contributed by atoms with E-state index in [2.05, 4.69) is 11.9 Å². The van der Waals surface area contributed by atoms with Gasteiger partial charge in [-0.25, -0.2) is 0 Å². The van der Waals surface area contributed by atoms with Crippen molar-refractivity contribution in [3.05, 3.63) is 0 Å². The van der Waals surface area contributed by atoms with E-state index in [0.29, 0.717) is 0 Å². The lowest BCUT2D eigenvalue weighted by molar-refractivity contribution is -0.000492. The monoisotopic (exact) mass is 171 g/mol. The van der Waals surface area contributed by atoms with Crippen molar-refractivity contribution < 1.29 is 4.74 Å². The van der Waals surface area contributed by atoms with Crippen molar-refractivity contribution in [1.29, 1.82) is 5.41 Å². The van der Waals surface area contributed by atoms with Crippen LogP contribution in [0.5, 0.6) is 0 Å². The van der Waals surface area contributed by atoms with Crippen molar-refractivity contribution in [1.82, 2.24) is 4.90 Å². The summed E-state index contributed by atoms with van der Waals surface area (Å²) in [6.07, 6.45) is 1.66. The van der Waals surface area contributed by atoms with E-state index in [1.807, 2.05) is 0 Å². The highest BCUT2D eigenvalue weighted by atomic mass is 16.5. The fourth-order valence-corrected chi connectivity index (χ4v) is 1.56. The fraction of sp³-hybridized carbons (Fsp3) is 0.875. The molecule has 1 fully saturated rings. The van der Waals surface area contributed by atoms with Crippen LogP contribution in [-0.4, -0.2) is 43.6 Å². The third-order valence-electron chi connectivity index (χ3n) is 2.68. The molecule has 12 heavy (non-hydrogen) atoms. The molecule has 0 unspecified atom stereocenters. The van der Waals surface area contributed by atoms with Crippen molar-refractivity contribution in [3.8, 4) is 0 Å². The number of piperidine rings is 1. The molecule has 4 nitrogen and oxygen atoms in total. The van der Waals surface area contributed by atoms with Gasteiger partial charge >= 0.3 is 0 Å². The van der Waals surface area contributed by atoms with Crippen molar-refractivity contribution >= 4 is 5.84 Å². The maximum atomic E-state index is 7.44. The number of methoxy groups -OCH3 is 1. The molecule has 0 bridgehead atoms. The van der Waals surface area contributed by atoms with Crippen LogP contribution < -0.4 is 5.73 Å². The maximum Gasteiger partial charge on any atom is 0.126 e. The molecule has 0 aromatic heterocycles. The molecule has 0 amide bonds. The lowest BCUT2D eigenvalue weighted by Gasteiger charge is -2.38. The van der Waals surface area contributed by atoms with E-state index >= 15 is 0 Å². The van der Waals surface area contributed by atoms with Gasteiger partial charge in [-0.05, 0) is 19.9 Å². The maximum absolute atomic E-state index is 7.44. The first-order chi connectivity index (χ1) is 5.60. The molecule has 1 aliphatic heterocycles. The second-order valence-corrected chi connectivity index (χ2v) is 3.42. The molecule has 0 spiro atoms. The largest absolute Gasteiger partial charge is 0.385 e. The van der Waals surface area contributed by atoms with Crippen LogP contribution in [0.1, 0.15) is 12.8 Å². The lowest BCUT2D eigenvalue weighted by atomic mass is 9.90. The molecule has 70 valence electrons. The molecule has 1 rings (SSSR count). The van der Waals surface area contributed by atoms with Crippen molar-refractivity contribution in [3.63, 3.8) is 0 Å². The number of hydrogen-bond acceptors (Lipinski definition) is 3. The first kappa shape index (κ1) is 9.48. The second-order valence-electron chi connectivity index (χ2n) is 3.42. The van der Waals surface area contributed by atoms with Gasteiger partial charge in [0.1, 0.15) is 11.4 Å². The first-order valence-electron chi connectivity index (χ1n) is 4.19. The average Bonchev–Trinajstić information content (AvgIpc) is 2.06. The van der Waals surface area contributed by atoms with Crippen molar-refractivity contribution in [2.24, 2.45) is 5.73 Å². The zero-order valence-electron chi connectivity index (χ0n) is 7.76. The van der Waals surface area contributed by atoms with Crippen LogP contribution in [0, 0.1) is 5.41 Å². The summed E-state index contributed by atoms with van der Waals surface area (Å²) in [7, 11) is 3.70. The summed E-state index contributed by atoms with van der Waals surface area (Å²) in [5.74, 6) is 0.165. The molecule has 1 saturated heterocycles. The van der Waals surface area contributed by atoms with Crippen LogP contribution in [0.3, 0.4) is 0 Å². The lowest BCUT2D eigenvalue weighted by Crippen LogP contribution is -2.52. The highest BCUT2D eigenvalue weighted by Gasteiger charge is 2.36. The molecule has 0 aromatic rings. The van der Waals surface area contributed by atoms with E-state index < -0.39 is 5.60 Å². The summed E-state index contributed by atoms with van der Waals surface area (Å²) < 4.78 is 5.31. The molecular weight excluding hydrogens is 154 g/mol. The number of nitrogens with two attached hydrogens (primary N) is 1. The topological polar surface area (TPSA) is 62.3 Å². The number of amidine groups is 1. The zero-order chi connectivity index (χ0) is 9.19. The van der Waals surface area contributed by atoms with Gasteiger partial charge in [0, 0.05) is 20.2 Å². The Bertz CT molecular complexity index is 173. The summed E-state index contributed by atoms with van der Waals surface area (Å²) in [6, 6.07) is 0. The summed E-state index contributed by atoms with van der Waals surface area (Å²) in [6.45, 7) is 1.90. The zero-order valence-corrected chi connectivity index (χ0v) is 7.76. The van der Waals surface area contributed by atoms with Gasteiger partial charge in [-0.2, -0.15) is 0 Å². The van der Waals surface area contributed by atoms with Gasteiger partial charge in [-0.3, -0.25) is 5.41 Å². The Morgan fingerprint density at radius 2 is 2.00 bits per heavy atom. The molecule has 0 saturated carbocycles. The molecule has 0 aromatic carbocycles. The van der Waals surface area contributed by atoms with Crippen LogP contribution in [0.15, 0.2) is 0 Å². The Labute approximate surface area is 73.2 Å². The Morgan fingerprint density at radius 1 is 1.50 bits per heavy atom. The smallest absolute Gasteiger partial charge is 0.126 e. The van der Waals surface area contributed by atoms with E-state index in [-0.39, 0.29) is 5.84 Å². The highest BCUT2D eigenvalue weighted by molar-refractivity contribution is 5.86. The average molecular weight is 171 g/mol. The first-order valence-corrected chi connectivity index (χ1v) is 4.19. The third kappa shape index (κ3) is 1.59. The standard InChI is InChI=1S/C8H17N3O/c1-11-5-3-8(12-2,4-6-11)7(9)10/h3-6H2,1-2H3,(H3,9,10). The van der Waals surface area contributed by atoms with Crippen LogP contribution in [0.4, 0.5) is 0 Å². The molecule has 4 heteroatoms. The number of rotatable bonds is 2. The minimum Gasteiger partial charge on any atom is -0.385 e. The molecule has 0 atom stereocenters. The van der Waals surface area contributed by atoms with E-state index in [9.17, 15) is 0 Å². The predicted molar refractivity (Wildman–Crippen MR) is 48.4 cm³/mol. The van der Waals surface area contributed by atoms with E-state index in [1.54, 1.807) is 7.11 Å². The highest BCUT2D eigenvalue weighted by Crippen LogP contribution is 2.24. The number of nitrogens with one attached hydrogen (secondary N) is 1. The molecule has 1 aliphatic rings. The quantitative estimate of drug-likeness (QED) is 0.455. The predicted octanol–water partition coefficient (Wildman–Crippen LogP) is 0.0332. The van der Waals surface area contributed by atoms with Gasteiger partial charge in [-0.1, -0.05) is 0 Å². The minimum absolute atomic E-state index is 0.165. The van der Waals surface area contributed by atoms with Crippen molar-refractivity contribution in [2.45, 2.75) is 18.4 Å². The van der Waals surface area contributed by atoms with E-state index in [1.165, 1.54) is 0 Å². The molecule has 0 aliphatic carbocycles. The van der Waals surface area contributed by atoms with Gasteiger partial charge in [0.25, 0.3) is 0 Å². The third-order valence-corrected chi connectivity index (χ3v) is 2.68. The second kappa shape index (κ2) is 3.41. The van der Waals surface area contributed by atoms with E-state index in [4.69, 9.17) is 15.9 Å². The number of likely N-dealkylation sites (tertiary alicyclic amines) is 1. The van der Waals surface area contributed by atoms with Crippen LogP contribution in [-0.2, 0) is 4.74 Å². The Hall–Kier alpha value is -0.610. The minimum atomic E-state index is -0.480. The number of nitrogens with zero attached hydrogens (tertiary/aromatic N) is 1. The van der Waals surface area contributed by atoms with E-state index in [0.717, 1.165) is 25.9 Å². The normalized spacial score (nSPS) is 23.8. The Morgan fingerprint density at radius 3 is 2.33 bits per heavy atom. The molecular formula is C8H17N3O. The number of hydrogen-bond donors (Lipinski definition) is 2. The summed E-state index contributed by atoms with van der Waals surface area (Å²) in [5, 5.41) is 7.44. The van der Waals surface area contributed by atoms with Crippen LogP contribution in [0.2, 0.25) is 0 Å². The van der Waals surface area contributed by atoms with Crippen LogP contribution >= 0.6 is 0 Å². The van der Waals surface area contributed by atoms with Crippen molar-refractivity contribution in [2.75, 3.05) is 27.2 Å². The summed E-state index contributed by atoms with van der Waals surface area (Å²) in [5.41, 5.74) is 5.02. The van der Waals surface area contributed by atoms with Gasteiger partial charge in [0.15, 0.2) is 0 Å². The fourth-order valence-electron chi connectivity index (χ4n) is 1.56. The Balaban J connectivity index is 2.63.